The van der Waals surface area contributed by atoms with E-state index in [1.807, 2.05) is 4.90 Å². The number of aromatic nitrogens is 2. The highest BCUT2D eigenvalue weighted by molar-refractivity contribution is 7.18. The summed E-state index contributed by atoms with van der Waals surface area (Å²) in [6.45, 7) is 3.06. The van der Waals surface area contributed by atoms with E-state index in [1.54, 1.807) is 24.6 Å². The summed E-state index contributed by atoms with van der Waals surface area (Å²) in [6.07, 6.45) is 7.14. The third-order valence-corrected chi connectivity index (χ3v) is 6.89. The van der Waals surface area contributed by atoms with Crippen LogP contribution in [-0.2, 0) is 17.8 Å². The Labute approximate surface area is 158 Å². The summed E-state index contributed by atoms with van der Waals surface area (Å²) in [5, 5.41) is 1.02. The molecular weight excluding hydrogens is 348 g/mol. The van der Waals surface area contributed by atoms with Gasteiger partial charge in [0.1, 0.15) is 17.3 Å². The molecule has 1 saturated carbocycles. The summed E-state index contributed by atoms with van der Waals surface area (Å²) in [7, 11) is 4.30. The van der Waals surface area contributed by atoms with Crippen molar-refractivity contribution in [1.29, 1.82) is 0 Å². The third kappa shape index (κ3) is 3.30. The number of carbonyl (C=O) groups is 1. The summed E-state index contributed by atoms with van der Waals surface area (Å²) in [5.74, 6) is 0.822. The number of hydrogen-bond acceptors (Lipinski definition) is 6. The Hall–Kier alpha value is -1.73. The van der Waals surface area contributed by atoms with Crippen LogP contribution in [0.4, 0.5) is 0 Å². The van der Waals surface area contributed by atoms with Gasteiger partial charge in [-0.15, -0.1) is 11.3 Å². The van der Waals surface area contributed by atoms with Crippen LogP contribution in [0.5, 0.6) is 5.88 Å². The van der Waals surface area contributed by atoms with Crippen LogP contribution in [0.1, 0.15) is 43.0 Å². The molecule has 26 heavy (non-hydrogen) atoms. The van der Waals surface area contributed by atoms with Gasteiger partial charge in [0.2, 0.25) is 11.8 Å². The number of ether oxygens (including phenoxy) is 1. The highest BCUT2D eigenvalue weighted by Gasteiger charge is 2.28. The third-order valence-electron chi connectivity index (χ3n) is 5.69. The molecule has 7 heteroatoms. The topological polar surface area (TPSA) is 58.6 Å². The maximum Gasteiger partial charge on any atom is 0.225 e. The van der Waals surface area contributed by atoms with Gasteiger partial charge in [-0.25, -0.2) is 9.97 Å². The van der Waals surface area contributed by atoms with E-state index >= 15 is 0 Å². The standard InChI is InChI=1S/C19H26N4O2S/c1-12(24)23-9-8-16-15(10-23)17-18(20-11-21-19(17)26-16)25-14-6-4-13(5-7-14)22(2)3/h11,13-14H,4-10H2,1-3H3. The van der Waals surface area contributed by atoms with E-state index in [0.29, 0.717) is 18.5 Å². The molecule has 1 fully saturated rings. The van der Waals surface area contributed by atoms with E-state index in [2.05, 4.69) is 29.0 Å². The van der Waals surface area contributed by atoms with Crippen LogP contribution in [0.3, 0.4) is 0 Å². The van der Waals surface area contributed by atoms with Crippen molar-refractivity contribution in [2.45, 2.75) is 57.7 Å². The Kier molecular flexibility index (Phi) is 4.84. The minimum atomic E-state index is 0.122. The van der Waals surface area contributed by atoms with Crippen molar-refractivity contribution < 1.29 is 9.53 Å². The summed E-state index contributed by atoms with van der Waals surface area (Å²) >= 11 is 1.72. The number of rotatable bonds is 3. The molecule has 1 aliphatic heterocycles. The number of nitrogens with zero attached hydrogens (tertiary/aromatic N) is 4. The Morgan fingerprint density at radius 1 is 1.27 bits per heavy atom. The Bertz CT molecular complexity index is 811. The summed E-state index contributed by atoms with van der Waals surface area (Å²) in [5.41, 5.74) is 1.18. The van der Waals surface area contributed by atoms with Crippen molar-refractivity contribution in [3.05, 3.63) is 16.8 Å². The highest BCUT2D eigenvalue weighted by atomic mass is 32.1. The van der Waals surface area contributed by atoms with E-state index in [9.17, 15) is 4.79 Å². The molecule has 2 aromatic rings. The molecule has 0 spiro atoms. The van der Waals surface area contributed by atoms with Crippen molar-refractivity contribution in [1.82, 2.24) is 19.8 Å². The first-order valence-corrected chi connectivity index (χ1v) is 10.2. The van der Waals surface area contributed by atoms with Gasteiger partial charge in [0.15, 0.2) is 0 Å². The summed E-state index contributed by atoms with van der Waals surface area (Å²) in [6, 6.07) is 0.651. The molecule has 0 atom stereocenters. The minimum Gasteiger partial charge on any atom is -0.474 e. The molecule has 0 bridgehead atoms. The number of hydrogen-bond donors (Lipinski definition) is 0. The molecular formula is C19H26N4O2S. The van der Waals surface area contributed by atoms with Gasteiger partial charge < -0.3 is 14.5 Å². The molecule has 0 N–H and O–H groups in total. The molecule has 140 valence electrons. The lowest BCUT2D eigenvalue weighted by atomic mass is 9.92. The van der Waals surface area contributed by atoms with Gasteiger partial charge >= 0.3 is 0 Å². The molecule has 4 rings (SSSR count). The van der Waals surface area contributed by atoms with Crippen LogP contribution in [0.25, 0.3) is 10.2 Å². The minimum absolute atomic E-state index is 0.122. The van der Waals surface area contributed by atoms with Gasteiger partial charge in [-0.2, -0.15) is 0 Å². The van der Waals surface area contributed by atoms with Crippen LogP contribution in [0, 0.1) is 0 Å². The second kappa shape index (κ2) is 7.12. The Morgan fingerprint density at radius 3 is 2.73 bits per heavy atom. The zero-order chi connectivity index (χ0) is 18.3. The van der Waals surface area contributed by atoms with Gasteiger partial charge in [-0.1, -0.05) is 0 Å². The molecule has 0 saturated heterocycles. The molecule has 0 unspecified atom stereocenters. The van der Waals surface area contributed by atoms with Gasteiger partial charge in [0, 0.05) is 36.5 Å². The lowest BCUT2D eigenvalue weighted by Crippen LogP contribution is -2.35. The van der Waals surface area contributed by atoms with Crippen molar-refractivity contribution >= 4 is 27.5 Å². The molecule has 3 heterocycles. The molecule has 6 nitrogen and oxygen atoms in total. The van der Waals surface area contributed by atoms with Gasteiger partial charge in [-0.3, -0.25) is 4.79 Å². The maximum atomic E-state index is 11.8. The van der Waals surface area contributed by atoms with Crippen molar-refractivity contribution in [2.24, 2.45) is 0 Å². The van der Waals surface area contributed by atoms with Crippen molar-refractivity contribution in [3.63, 3.8) is 0 Å². The predicted molar refractivity (Wildman–Crippen MR) is 103 cm³/mol. The first-order chi connectivity index (χ1) is 12.5. The van der Waals surface area contributed by atoms with Crippen LogP contribution in [-0.4, -0.2) is 58.5 Å². The zero-order valence-corrected chi connectivity index (χ0v) is 16.5. The molecule has 0 aromatic carbocycles. The second-order valence-electron chi connectivity index (χ2n) is 7.57. The van der Waals surface area contributed by atoms with E-state index in [1.165, 1.54) is 10.4 Å². The second-order valence-corrected chi connectivity index (χ2v) is 8.65. The number of carbonyl (C=O) groups excluding carboxylic acids is 1. The van der Waals surface area contributed by atoms with E-state index in [0.717, 1.165) is 48.9 Å². The zero-order valence-electron chi connectivity index (χ0n) is 15.7. The Morgan fingerprint density at radius 2 is 2.04 bits per heavy atom. The summed E-state index contributed by atoms with van der Waals surface area (Å²) < 4.78 is 6.35. The van der Waals surface area contributed by atoms with Crippen LogP contribution >= 0.6 is 11.3 Å². The normalized spacial score (nSPS) is 23.3. The summed E-state index contributed by atoms with van der Waals surface area (Å²) in [4.78, 5) is 27.2. The van der Waals surface area contributed by atoms with Crippen LogP contribution in [0.2, 0.25) is 0 Å². The smallest absolute Gasteiger partial charge is 0.225 e. The fraction of sp³-hybridized carbons (Fsp3) is 0.632. The SMILES string of the molecule is CC(=O)N1CCc2sc3ncnc(OC4CCC(N(C)C)CC4)c3c2C1. The van der Waals surface area contributed by atoms with Gasteiger partial charge in [0.05, 0.1) is 5.39 Å². The van der Waals surface area contributed by atoms with Crippen LogP contribution in [0.15, 0.2) is 6.33 Å². The monoisotopic (exact) mass is 374 g/mol. The largest absolute Gasteiger partial charge is 0.474 e. The van der Waals surface area contributed by atoms with Crippen LogP contribution < -0.4 is 4.74 Å². The fourth-order valence-electron chi connectivity index (χ4n) is 4.08. The molecule has 2 aromatic heterocycles. The van der Waals surface area contributed by atoms with E-state index < -0.39 is 0 Å². The fourth-order valence-corrected chi connectivity index (χ4v) is 5.21. The van der Waals surface area contributed by atoms with Gasteiger partial charge in [0.25, 0.3) is 0 Å². The number of amides is 1. The number of thiophene rings is 1. The average Bonchev–Trinajstić information content (AvgIpc) is 3.00. The molecule has 0 radical (unpaired) electrons. The average molecular weight is 375 g/mol. The quantitative estimate of drug-likeness (QED) is 0.827. The maximum absolute atomic E-state index is 11.8. The molecule has 2 aliphatic rings. The predicted octanol–water partition coefficient (Wildman–Crippen LogP) is 2.85. The Balaban J connectivity index is 1.58. The van der Waals surface area contributed by atoms with Crippen molar-refractivity contribution in [3.8, 4) is 5.88 Å². The molecule has 1 aliphatic carbocycles. The lowest BCUT2D eigenvalue weighted by molar-refractivity contribution is -0.129. The first kappa shape index (κ1) is 17.7. The number of fused-ring (bicyclic) bond motifs is 3. The highest BCUT2D eigenvalue weighted by Crippen LogP contribution is 2.39. The first-order valence-electron chi connectivity index (χ1n) is 9.36. The molecule has 1 amide bonds. The van der Waals surface area contributed by atoms with E-state index in [4.69, 9.17) is 4.74 Å². The van der Waals surface area contributed by atoms with E-state index in [-0.39, 0.29) is 12.0 Å². The van der Waals surface area contributed by atoms with Gasteiger partial charge in [-0.05, 0) is 46.2 Å². The lowest BCUT2D eigenvalue weighted by Gasteiger charge is -2.32. The van der Waals surface area contributed by atoms with Crippen molar-refractivity contribution in [2.75, 3.05) is 20.6 Å².